The molecule has 3 aromatic rings. The summed E-state index contributed by atoms with van der Waals surface area (Å²) in [6.07, 6.45) is -1.09. The smallest absolute Gasteiger partial charge is 0.493 e. The van der Waals surface area contributed by atoms with E-state index in [2.05, 4.69) is 4.98 Å². The number of amides is 1. The first-order valence-corrected chi connectivity index (χ1v) is 11.8. The highest BCUT2D eigenvalue weighted by Crippen LogP contribution is 2.36. The number of aromatic nitrogens is 1. The van der Waals surface area contributed by atoms with Crippen LogP contribution in [0.3, 0.4) is 0 Å². The number of aryl methyl sites for hydroxylation is 1. The van der Waals surface area contributed by atoms with E-state index >= 15 is 0 Å². The van der Waals surface area contributed by atoms with Crippen molar-refractivity contribution in [3.8, 4) is 23.0 Å². The van der Waals surface area contributed by atoms with Crippen LogP contribution in [-0.4, -0.2) is 46.9 Å². The van der Waals surface area contributed by atoms with Gasteiger partial charge >= 0.3 is 6.16 Å². The number of likely N-dealkylation sites (tertiary alicyclic amines) is 1. The van der Waals surface area contributed by atoms with Crippen molar-refractivity contribution in [3.63, 3.8) is 0 Å². The zero-order chi connectivity index (χ0) is 26.7. The van der Waals surface area contributed by atoms with Gasteiger partial charge < -0.3 is 28.6 Å². The lowest BCUT2D eigenvalue weighted by atomic mass is 9.83. The summed E-state index contributed by atoms with van der Waals surface area (Å²) in [5.41, 5.74) is 0.877. The molecule has 0 unspecified atom stereocenters. The van der Waals surface area contributed by atoms with E-state index in [1.807, 2.05) is 0 Å². The molecule has 0 radical (unpaired) electrons. The molecule has 1 aliphatic heterocycles. The van der Waals surface area contributed by atoms with Crippen LogP contribution in [0.1, 0.15) is 43.7 Å². The Bertz CT molecular complexity index is 1290. The maximum absolute atomic E-state index is 13.4. The van der Waals surface area contributed by atoms with Gasteiger partial charge in [-0.1, -0.05) is 6.07 Å². The number of halogens is 1. The summed E-state index contributed by atoms with van der Waals surface area (Å²) in [4.78, 5) is 30.4. The fraction of sp³-hybridized carbons (Fsp3) is 0.370. The van der Waals surface area contributed by atoms with Crippen LogP contribution in [0, 0.1) is 12.7 Å². The second-order valence-electron chi connectivity index (χ2n) is 9.29. The van der Waals surface area contributed by atoms with E-state index in [4.69, 9.17) is 23.7 Å². The van der Waals surface area contributed by atoms with Crippen molar-refractivity contribution >= 4 is 12.1 Å². The SMILES string of the molecule is COc1ccc(C(C)(C)C(=O)N2CCC[C@H]2OC(=O)O)cc1OCc1nc(-c2ccc(F)cc2)oc1C. The number of hydrogen-bond donors (Lipinski definition) is 1. The lowest BCUT2D eigenvalue weighted by Crippen LogP contribution is -2.47. The van der Waals surface area contributed by atoms with Gasteiger partial charge in [0.25, 0.3) is 0 Å². The molecule has 0 bridgehead atoms. The minimum atomic E-state index is -1.41. The zero-order valence-corrected chi connectivity index (χ0v) is 21.1. The first-order chi connectivity index (χ1) is 17.6. The molecule has 4 rings (SSSR count). The normalized spacial score (nSPS) is 15.5. The van der Waals surface area contributed by atoms with E-state index < -0.39 is 17.8 Å². The molecular weight excluding hydrogens is 483 g/mol. The molecule has 196 valence electrons. The van der Waals surface area contributed by atoms with Crippen molar-refractivity contribution in [2.75, 3.05) is 13.7 Å². The standard InChI is InChI=1S/C27H29FN2O7/c1-16-20(29-24(36-16)17-7-10-19(28)11-8-17)15-35-22-14-18(9-12-21(22)34-4)27(2,3)25(31)30-13-5-6-23(30)37-26(32)33/h7-12,14,23H,5-6,13,15H2,1-4H3,(H,32,33)/t23-/m1/s1. The molecule has 2 heterocycles. The minimum Gasteiger partial charge on any atom is -0.493 e. The van der Waals surface area contributed by atoms with Gasteiger partial charge in [0.15, 0.2) is 17.7 Å². The van der Waals surface area contributed by atoms with Crippen LogP contribution in [0.25, 0.3) is 11.5 Å². The van der Waals surface area contributed by atoms with E-state index in [1.165, 1.54) is 24.1 Å². The third-order valence-electron chi connectivity index (χ3n) is 6.46. The zero-order valence-electron chi connectivity index (χ0n) is 21.1. The molecule has 10 heteroatoms. The number of benzene rings is 2. The summed E-state index contributed by atoms with van der Waals surface area (Å²) < 4.78 is 35.4. The van der Waals surface area contributed by atoms with Gasteiger partial charge in [-0.3, -0.25) is 4.79 Å². The Morgan fingerprint density at radius 2 is 1.92 bits per heavy atom. The summed E-state index contributed by atoms with van der Waals surface area (Å²) >= 11 is 0. The molecule has 0 spiro atoms. The molecule has 0 saturated carbocycles. The molecule has 1 aliphatic rings. The first kappa shape index (κ1) is 26.0. The second-order valence-corrected chi connectivity index (χ2v) is 9.29. The van der Waals surface area contributed by atoms with Crippen LogP contribution in [0.5, 0.6) is 11.5 Å². The van der Waals surface area contributed by atoms with Gasteiger partial charge in [-0.15, -0.1) is 0 Å². The fourth-order valence-corrected chi connectivity index (χ4v) is 4.29. The highest BCUT2D eigenvalue weighted by molar-refractivity contribution is 5.88. The van der Waals surface area contributed by atoms with Gasteiger partial charge in [0.2, 0.25) is 11.8 Å². The van der Waals surface area contributed by atoms with Crippen LogP contribution >= 0.6 is 0 Å². The molecule has 9 nitrogen and oxygen atoms in total. The summed E-state index contributed by atoms with van der Waals surface area (Å²) in [7, 11) is 1.52. The number of hydrogen-bond acceptors (Lipinski definition) is 7. The number of rotatable bonds is 8. The molecule has 0 aliphatic carbocycles. The summed E-state index contributed by atoms with van der Waals surface area (Å²) in [5.74, 6) is 1.20. The lowest BCUT2D eigenvalue weighted by Gasteiger charge is -2.32. The number of nitrogens with zero attached hydrogens (tertiary/aromatic N) is 2. The average molecular weight is 513 g/mol. The second kappa shape index (κ2) is 10.5. The fourth-order valence-electron chi connectivity index (χ4n) is 4.29. The Labute approximate surface area is 213 Å². The third kappa shape index (κ3) is 5.52. The van der Waals surface area contributed by atoms with E-state index in [1.54, 1.807) is 51.1 Å². The predicted octanol–water partition coefficient (Wildman–Crippen LogP) is 5.30. The van der Waals surface area contributed by atoms with Gasteiger partial charge in [0.1, 0.15) is 23.9 Å². The Kier molecular flexibility index (Phi) is 7.37. The van der Waals surface area contributed by atoms with Crippen LogP contribution in [0.15, 0.2) is 46.9 Å². The largest absolute Gasteiger partial charge is 0.507 e. The molecule has 1 atom stereocenters. The molecule has 37 heavy (non-hydrogen) atoms. The molecule has 1 saturated heterocycles. The van der Waals surface area contributed by atoms with Gasteiger partial charge in [-0.25, -0.2) is 14.2 Å². The maximum Gasteiger partial charge on any atom is 0.507 e. The first-order valence-electron chi connectivity index (χ1n) is 11.8. The van der Waals surface area contributed by atoms with E-state index in [-0.39, 0.29) is 18.3 Å². The van der Waals surface area contributed by atoms with Crippen molar-refractivity contribution in [2.45, 2.75) is 51.9 Å². The number of oxazole rings is 1. The number of carbonyl (C=O) groups excluding carboxylic acids is 1. The van der Waals surface area contributed by atoms with Gasteiger partial charge in [-0.05, 0) is 69.2 Å². The van der Waals surface area contributed by atoms with Crippen molar-refractivity contribution in [3.05, 3.63) is 65.3 Å². The quantitative estimate of drug-likeness (QED) is 0.405. The Balaban J connectivity index is 1.54. The Hall–Kier alpha value is -4.08. The van der Waals surface area contributed by atoms with Gasteiger partial charge in [0, 0.05) is 18.5 Å². The highest BCUT2D eigenvalue weighted by atomic mass is 19.1. The minimum absolute atomic E-state index is 0.0748. The van der Waals surface area contributed by atoms with E-state index in [0.717, 1.165) is 0 Å². The Morgan fingerprint density at radius 3 is 2.59 bits per heavy atom. The van der Waals surface area contributed by atoms with Crippen molar-refractivity contribution < 1.29 is 37.7 Å². The average Bonchev–Trinajstić information content (AvgIpc) is 3.48. The molecule has 1 fully saturated rings. The topological polar surface area (TPSA) is 111 Å². The molecule has 1 amide bonds. The van der Waals surface area contributed by atoms with Crippen molar-refractivity contribution in [1.82, 2.24) is 9.88 Å². The number of carboxylic acid groups (broad SMARTS) is 1. The Morgan fingerprint density at radius 1 is 1.19 bits per heavy atom. The van der Waals surface area contributed by atoms with Gasteiger partial charge in [-0.2, -0.15) is 0 Å². The van der Waals surface area contributed by atoms with Crippen LogP contribution in [0.4, 0.5) is 9.18 Å². The molecule has 1 N–H and O–H groups in total. The highest BCUT2D eigenvalue weighted by Gasteiger charge is 2.40. The summed E-state index contributed by atoms with van der Waals surface area (Å²) in [6.45, 7) is 5.80. The monoisotopic (exact) mass is 512 g/mol. The summed E-state index contributed by atoms with van der Waals surface area (Å²) in [6, 6.07) is 11.1. The number of carbonyl (C=O) groups is 2. The third-order valence-corrected chi connectivity index (χ3v) is 6.46. The lowest BCUT2D eigenvalue weighted by molar-refractivity contribution is -0.144. The van der Waals surface area contributed by atoms with Crippen molar-refractivity contribution in [1.29, 1.82) is 0 Å². The van der Waals surface area contributed by atoms with E-state index in [9.17, 15) is 14.0 Å². The van der Waals surface area contributed by atoms with E-state index in [0.29, 0.717) is 59.4 Å². The van der Waals surface area contributed by atoms with Crippen LogP contribution in [0.2, 0.25) is 0 Å². The molecule has 2 aromatic carbocycles. The number of ether oxygens (including phenoxy) is 3. The molecule has 1 aromatic heterocycles. The number of methoxy groups -OCH3 is 1. The maximum atomic E-state index is 13.4. The molecular formula is C27H29FN2O7. The van der Waals surface area contributed by atoms with Crippen LogP contribution < -0.4 is 9.47 Å². The van der Waals surface area contributed by atoms with Crippen molar-refractivity contribution in [2.24, 2.45) is 0 Å². The van der Waals surface area contributed by atoms with Crippen LogP contribution in [-0.2, 0) is 21.6 Å². The predicted molar refractivity (Wildman–Crippen MR) is 131 cm³/mol. The summed E-state index contributed by atoms with van der Waals surface area (Å²) in [5, 5.41) is 9.02. The van der Waals surface area contributed by atoms with Gasteiger partial charge in [0.05, 0.1) is 12.5 Å².